The lowest BCUT2D eigenvalue weighted by Gasteiger charge is -2.06. The van der Waals surface area contributed by atoms with Crippen LogP contribution in [0.2, 0.25) is 0 Å². The van der Waals surface area contributed by atoms with Gasteiger partial charge in [0.05, 0.1) is 0 Å². The highest BCUT2D eigenvalue weighted by molar-refractivity contribution is 5.64. The van der Waals surface area contributed by atoms with Gasteiger partial charge in [0.15, 0.2) is 0 Å². The van der Waals surface area contributed by atoms with E-state index in [1.54, 1.807) is 6.92 Å². The van der Waals surface area contributed by atoms with E-state index in [0.29, 0.717) is 6.54 Å². The van der Waals surface area contributed by atoms with Gasteiger partial charge in [-0.25, -0.2) is 4.79 Å². The summed E-state index contributed by atoms with van der Waals surface area (Å²) in [5, 5.41) is 8.11. The molecule has 0 aromatic carbocycles. The maximum Gasteiger partial charge on any atom is 0.407 e. The number of hydrogen-bond acceptors (Lipinski definition) is 1. The molecule has 0 rings (SSSR count). The van der Waals surface area contributed by atoms with Crippen LogP contribution in [0.15, 0.2) is 0 Å². The Hall–Kier alpha value is -0.730. The Bertz CT molecular complexity index is 72.1. The van der Waals surface area contributed by atoms with Crippen LogP contribution in [0.25, 0.3) is 0 Å². The van der Waals surface area contributed by atoms with Gasteiger partial charge in [-0.1, -0.05) is 0 Å². The van der Waals surface area contributed by atoms with Crippen molar-refractivity contribution in [3.05, 3.63) is 0 Å². The third-order valence-corrected chi connectivity index (χ3v) is 0.801. The van der Waals surface area contributed by atoms with E-state index in [-0.39, 0.29) is 0 Å². The van der Waals surface area contributed by atoms with Crippen LogP contribution in [0, 0.1) is 0 Å². The summed E-state index contributed by atoms with van der Waals surface area (Å²) in [4.78, 5) is 11.1. The average molecular weight is 103 g/mol. The van der Waals surface area contributed by atoms with E-state index in [1.807, 2.05) is 0 Å². The van der Waals surface area contributed by atoms with E-state index in [4.69, 9.17) is 5.11 Å². The Morgan fingerprint density at radius 1 is 1.86 bits per heavy atom. The van der Waals surface area contributed by atoms with Crippen LogP contribution >= 0.6 is 0 Å². The second kappa shape index (κ2) is 2.44. The lowest BCUT2D eigenvalue weighted by atomic mass is 10.7. The third-order valence-electron chi connectivity index (χ3n) is 0.801. The molecule has 0 aliphatic carbocycles. The molecule has 42 valence electrons. The Morgan fingerprint density at radius 3 is 2.29 bits per heavy atom. The molecule has 0 saturated carbocycles. The average Bonchev–Trinajstić information content (AvgIpc) is 1.65. The molecule has 0 atom stereocenters. The minimum atomic E-state index is -0.873. The molecular weight excluding hydrogens is 94.0 g/mol. The Kier molecular flexibility index (Phi) is 2.19. The molecule has 0 aliphatic rings. The molecular formula is C4H9NO2. The molecule has 0 bridgehead atoms. The minimum absolute atomic E-state index is 0.551. The molecule has 3 heteroatoms. The summed E-state index contributed by atoms with van der Waals surface area (Å²) in [6.45, 7) is 2.34. The molecule has 0 radical (unpaired) electrons. The standard InChI is InChI=1S/C4H9NO2/c1-3-5(2)4(6)7/h3H2,1-2H3,(H,6,7). The SMILES string of the molecule is CCN(C)C(=O)O. The second-order valence-electron chi connectivity index (χ2n) is 1.30. The van der Waals surface area contributed by atoms with Crippen molar-refractivity contribution in [2.24, 2.45) is 0 Å². The predicted molar refractivity (Wildman–Crippen MR) is 26.3 cm³/mol. The first-order valence-electron chi connectivity index (χ1n) is 2.12. The van der Waals surface area contributed by atoms with E-state index < -0.39 is 6.09 Å². The van der Waals surface area contributed by atoms with Crippen LogP contribution in [0.3, 0.4) is 0 Å². The largest absolute Gasteiger partial charge is 0.465 e. The normalized spacial score (nSPS) is 8.29. The van der Waals surface area contributed by atoms with Crippen molar-refractivity contribution in [2.75, 3.05) is 13.6 Å². The summed E-state index contributed by atoms with van der Waals surface area (Å²) >= 11 is 0. The second-order valence-corrected chi connectivity index (χ2v) is 1.30. The molecule has 0 heterocycles. The lowest BCUT2D eigenvalue weighted by molar-refractivity contribution is 0.158. The fraction of sp³-hybridized carbons (Fsp3) is 0.750. The monoisotopic (exact) mass is 103 g/mol. The minimum Gasteiger partial charge on any atom is -0.465 e. The van der Waals surface area contributed by atoms with Crippen LogP contribution in [0.5, 0.6) is 0 Å². The molecule has 0 aromatic rings. The van der Waals surface area contributed by atoms with Gasteiger partial charge in [-0.15, -0.1) is 0 Å². The van der Waals surface area contributed by atoms with Gasteiger partial charge < -0.3 is 10.0 Å². The van der Waals surface area contributed by atoms with E-state index in [9.17, 15) is 4.79 Å². The zero-order chi connectivity index (χ0) is 5.86. The van der Waals surface area contributed by atoms with Crippen molar-refractivity contribution in [3.8, 4) is 0 Å². The van der Waals surface area contributed by atoms with Crippen LogP contribution in [-0.4, -0.2) is 29.7 Å². The van der Waals surface area contributed by atoms with Crippen molar-refractivity contribution in [2.45, 2.75) is 6.92 Å². The Labute approximate surface area is 42.5 Å². The van der Waals surface area contributed by atoms with Gasteiger partial charge in [-0.05, 0) is 6.92 Å². The lowest BCUT2D eigenvalue weighted by Crippen LogP contribution is -2.23. The van der Waals surface area contributed by atoms with Crippen molar-refractivity contribution in [1.29, 1.82) is 0 Å². The van der Waals surface area contributed by atoms with Crippen molar-refractivity contribution >= 4 is 6.09 Å². The van der Waals surface area contributed by atoms with Crippen LogP contribution in [0.1, 0.15) is 6.92 Å². The number of rotatable bonds is 1. The Balaban J connectivity index is 3.34. The Morgan fingerprint density at radius 2 is 2.29 bits per heavy atom. The first kappa shape index (κ1) is 6.27. The van der Waals surface area contributed by atoms with Gasteiger partial charge in [-0.2, -0.15) is 0 Å². The summed E-state index contributed by atoms with van der Waals surface area (Å²) in [5.41, 5.74) is 0. The molecule has 1 amide bonds. The van der Waals surface area contributed by atoms with Crippen LogP contribution in [-0.2, 0) is 0 Å². The maximum absolute atomic E-state index is 9.86. The first-order chi connectivity index (χ1) is 3.18. The smallest absolute Gasteiger partial charge is 0.407 e. The third kappa shape index (κ3) is 2.03. The van der Waals surface area contributed by atoms with Crippen molar-refractivity contribution < 1.29 is 9.90 Å². The number of hydrogen-bond donors (Lipinski definition) is 1. The highest BCUT2D eigenvalue weighted by Gasteiger charge is 1.97. The predicted octanol–water partition coefficient (Wildman–Crippen LogP) is 0.616. The molecule has 0 spiro atoms. The molecule has 7 heavy (non-hydrogen) atoms. The maximum atomic E-state index is 9.86. The summed E-state index contributed by atoms with van der Waals surface area (Å²) in [6.07, 6.45) is -0.873. The van der Waals surface area contributed by atoms with Gasteiger partial charge in [-0.3, -0.25) is 0 Å². The number of carbonyl (C=O) groups is 1. The van der Waals surface area contributed by atoms with Gasteiger partial charge in [0.25, 0.3) is 0 Å². The number of carboxylic acid groups (broad SMARTS) is 1. The topological polar surface area (TPSA) is 40.5 Å². The van der Waals surface area contributed by atoms with Gasteiger partial charge in [0, 0.05) is 13.6 Å². The highest BCUT2D eigenvalue weighted by atomic mass is 16.4. The van der Waals surface area contributed by atoms with Crippen LogP contribution < -0.4 is 0 Å². The van der Waals surface area contributed by atoms with Crippen molar-refractivity contribution in [1.82, 2.24) is 4.90 Å². The highest BCUT2D eigenvalue weighted by Crippen LogP contribution is 1.78. The summed E-state index contributed by atoms with van der Waals surface area (Å²) in [7, 11) is 1.53. The number of nitrogens with zero attached hydrogens (tertiary/aromatic N) is 1. The zero-order valence-corrected chi connectivity index (χ0v) is 4.51. The summed E-state index contributed by atoms with van der Waals surface area (Å²) < 4.78 is 0. The van der Waals surface area contributed by atoms with E-state index in [2.05, 4.69) is 0 Å². The van der Waals surface area contributed by atoms with Crippen LogP contribution in [0.4, 0.5) is 4.79 Å². The molecule has 0 fully saturated rings. The molecule has 0 aromatic heterocycles. The quantitative estimate of drug-likeness (QED) is 0.528. The molecule has 3 nitrogen and oxygen atoms in total. The molecule has 0 saturated heterocycles. The zero-order valence-electron chi connectivity index (χ0n) is 4.51. The van der Waals surface area contributed by atoms with Gasteiger partial charge in [0.2, 0.25) is 0 Å². The molecule has 0 unspecified atom stereocenters. The van der Waals surface area contributed by atoms with E-state index in [1.165, 1.54) is 11.9 Å². The van der Waals surface area contributed by atoms with Gasteiger partial charge in [0.1, 0.15) is 0 Å². The van der Waals surface area contributed by atoms with Crippen molar-refractivity contribution in [3.63, 3.8) is 0 Å². The molecule has 0 aliphatic heterocycles. The molecule has 1 N–H and O–H groups in total. The summed E-state index contributed by atoms with van der Waals surface area (Å²) in [5.74, 6) is 0. The van der Waals surface area contributed by atoms with E-state index in [0.717, 1.165) is 0 Å². The number of amides is 1. The summed E-state index contributed by atoms with van der Waals surface area (Å²) in [6, 6.07) is 0. The fourth-order valence-electron chi connectivity index (χ4n) is 0.135. The van der Waals surface area contributed by atoms with Gasteiger partial charge >= 0.3 is 6.09 Å². The van der Waals surface area contributed by atoms with E-state index >= 15 is 0 Å². The first-order valence-corrected chi connectivity index (χ1v) is 2.12. The fourth-order valence-corrected chi connectivity index (χ4v) is 0.135.